The zero-order chi connectivity index (χ0) is 8.27. The van der Waals surface area contributed by atoms with E-state index in [2.05, 4.69) is 4.98 Å². The van der Waals surface area contributed by atoms with Crippen LogP contribution in [-0.4, -0.2) is 18.4 Å². The van der Waals surface area contributed by atoms with E-state index in [9.17, 15) is 4.79 Å². The van der Waals surface area contributed by atoms with Gasteiger partial charge in [-0.3, -0.25) is 4.79 Å². The number of nitrogens with zero attached hydrogens (tertiary/aromatic N) is 1. The Morgan fingerprint density at radius 2 is 2.55 bits per heavy atom. The van der Waals surface area contributed by atoms with E-state index in [1.807, 2.05) is 0 Å². The van der Waals surface area contributed by atoms with E-state index in [-0.39, 0.29) is 0 Å². The molecule has 0 bridgehead atoms. The Hall–Kier alpha value is -0.940. The number of hydrogen-bond acceptors (Lipinski definition) is 5. The molecular weight excluding hydrogens is 164 g/mol. The van der Waals surface area contributed by atoms with Gasteiger partial charge >= 0.3 is 0 Å². The van der Waals surface area contributed by atoms with Gasteiger partial charge in [0.05, 0.1) is 17.2 Å². The van der Waals surface area contributed by atoms with Crippen molar-refractivity contribution in [3.63, 3.8) is 0 Å². The highest BCUT2D eigenvalue weighted by atomic mass is 32.1. The Bertz CT molecular complexity index is 259. The lowest BCUT2D eigenvalue weighted by molar-refractivity contribution is 0.112. The molecule has 11 heavy (non-hydrogen) atoms. The van der Waals surface area contributed by atoms with E-state index in [0.29, 0.717) is 22.3 Å². The third kappa shape index (κ3) is 1.75. The van der Waals surface area contributed by atoms with Crippen LogP contribution in [0.15, 0.2) is 0 Å². The first-order chi connectivity index (χ1) is 5.27. The molecule has 0 aliphatic rings. The maximum atomic E-state index is 10.4. The Labute approximate surface area is 68.0 Å². The zero-order valence-electron chi connectivity index (χ0n) is 6.03. The van der Waals surface area contributed by atoms with Gasteiger partial charge in [-0.05, 0) is 0 Å². The van der Waals surface area contributed by atoms with Crippen molar-refractivity contribution in [1.82, 2.24) is 4.98 Å². The predicted octanol–water partition coefficient (Wildman–Crippen LogP) is 0.684. The number of aromatic nitrogens is 1. The summed E-state index contributed by atoms with van der Waals surface area (Å²) in [6.07, 6.45) is 0.738. The molecule has 5 heteroatoms. The topological polar surface area (TPSA) is 65.2 Å². The van der Waals surface area contributed by atoms with Crippen LogP contribution >= 0.6 is 11.3 Å². The number of ether oxygens (including phenoxy) is 1. The molecule has 0 saturated heterocycles. The first-order valence-electron chi connectivity index (χ1n) is 2.97. The van der Waals surface area contributed by atoms with Crippen molar-refractivity contribution >= 4 is 22.8 Å². The minimum atomic E-state index is 0.335. The van der Waals surface area contributed by atoms with Crippen LogP contribution in [0.4, 0.5) is 5.13 Å². The van der Waals surface area contributed by atoms with Gasteiger partial charge in [0.1, 0.15) is 0 Å². The summed E-state index contributed by atoms with van der Waals surface area (Å²) >= 11 is 1.17. The number of nitrogen functional groups attached to an aromatic ring is 1. The highest BCUT2D eigenvalue weighted by Gasteiger charge is 2.06. The minimum Gasteiger partial charge on any atom is -0.378 e. The maximum absolute atomic E-state index is 10.4. The molecule has 1 aromatic heterocycles. The Balaban J connectivity index is 2.92. The van der Waals surface area contributed by atoms with Gasteiger partial charge in [0.25, 0.3) is 0 Å². The van der Waals surface area contributed by atoms with Gasteiger partial charge < -0.3 is 10.5 Å². The van der Waals surface area contributed by atoms with Gasteiger partial charge in [-0.2, -0.15) is 0 Å². The Morgan fingerprint density at radius 1 is 1.82 bits per heavy atom. The van der Waals surface area contributed by atoms with E-state index >= 15 is 0 Å². The number of methoxy groups -OCH3 is 1. The minimum absolute atomic E-state index is 0.335. The number of rotatable bonds is 3. The molecule has 1 heterocycles. The molecule has 0 aliphatic carbocycles. The number of carbonyl (C=O) groups excluding carboxylic acids is 1. The summed E-state index contributed by atoms with van der Waals surface area (Å²) < 4.78 is 4.81. The van der Waals surface area contributed by atoms with Crippen molar-refractivity contribution in [1.29, 1.82) is 0 Å². The smallest absolute Gasteiger partial charge is 0.181 e. The first kappa shape index (κ1) is 8.16. The van der Waals surface area contributed by atoms with Crippen molar-refractivity contribution in [2.24, 2.45) is 0 Å². The van der Waals surface area contributed by atoms with Crippen molar-refractivity contribution in [2.75, 3.05) is 12.8 Å². The molecule has 0 fully saturated rings. The molecule has 0 amide bonds. The van der Waals surface area contributed by atoms with E-state index < -0.39 is 0 Å². The van der Waals surface area contributed by atoms with Crippen LogP contribution in [0.2, 0.25) is 0 Å². The van der Waals surface area contributed by atoms with Crippen LogP contribution in [-0.2, 0) is 11.3 Å². The number of aldehydes is 1. The summed E-state index contributed by atoms with van der Waals surface area (Å²) in [5.41, 5.74) is 5.99. The van der Waals surface area contributed by atoms with E-state index in [1.54, 1.807) is 7.11 Å². The molecule has 60 valence electrons. The van der Waals surface area contributed by atoms with Crippen LogP contribution in [0.1, 0.15) is 15.4 Å². The maximum Gasteiger partial charge on any atom is 0.181 e. The molecule has 0 radical (unpaired) electrons. The lowest BCUT2D eigenvalue weighted by Crippen LogP contribution is -1.92. The zero-order valence-corrected chi connectivity index (χ0v) is 6.85. The lowest BCUT2D eigenvalue weighted by Gasteiger charge is -1.91. The summed E-state index contributed by atoms with van der Waals surface area (Å²) in [5.74, 6) is 0. The highest BCUT2D eigenvalue weighted by molar-refractivity contribution is 7.17. The molecule has 0 saturated carbocycles. The van der Waals surface area contributed by atoms with Crippen molar-refractivity contribution in [3.8, 4) is 0 Å². The number of hydrogen-bond donors (Lipinski definition) is 1. The standard InChI is InChI=1S/C6H8N2O2S/c1-10-3-4-5(2-9)11-6(7)8-4/h2H,3H2,1H3,(H2,7,8). The molecule has 1 rings (SSSR count). The lowest BCUT2D eigenvalue weighted by atomic mass is 10.4. The summed E-state index contributed by atoms with van der Waals surface area (Å²) in [5, 5.41) is 0.402. The van der Waals surface area contributed by atoms with Crippen LogP contribution in [0, 0.1) is 0 Å². The van der Waals surface area contributed by atoms with Gasteiger partial charge in [-0.25, -0.2) is 4.98 Å². The molecule has 0 atom stereocenters. The number of carbonyl (C=O) groups is 1. The normalized spacial score (nSPS) is 9.91. The van der Waals surface area contributed by atoms with Crippen LogP contribution < -0.4 is 5.73 Å². The second-order valence-corrected chi connectivity index (χ2v) is 2.98. The summed E-state index contributed by atoms with van der Waals surface area (Å²) in [7, 11) is 1.55. The van der Waals surface area contributed by atoms with Crippen LogP contribution in [0.5, 0.6) is 0 Å². The number of nitrogens with two attached hydrogens (primary N) is 1. The molecule has 0 unspecified atom stereocenters. The molecule has 0 aliphatic heterocycles. The average Bonchev–Trinajstić information content (AvgIpc) is 2.32. The molecule has 2 N–H and O–H groups in total. The summed E-state index contributed by atoms with van der Waals surface area (Å²) in [6, 6.07) is 0. The summed E-state index contributed by atoms with van der Waals surface area (Å²) in [6.45, 7) is 0.335. The average molecular weight is 172 g/mol. The van der Waals surface area contributed by atoms with Crippen molar-refractivity contribution < 1.29 is 9.53 Å². The van der Waals surface area contributed by atoms with E-state index in [0.717, 1.165) is 6.29 Å². The van der Waals surface area contributed by atoms with E-state index in [4.69, 9.17) is 10.5 Å². The molecular formula is C6H8N2O2S. The van der Waals surface area contributed by atoms with E-state index in [1.165, 1.54) is 11.3 Å². The third-order valence-corrected chi connectivity index (χ3v) is 1.98. The van der Waals surface area contributed by atoms with Gasteiger partial charge in [-0.15, -0.1) is 0 Å². The Kier molecular flexibility index (Phi) is 2.56. The van der Waals surface area contributed by atoms with Crippen LogP contribution in [0.25, 0.3) is 0 Å². The molecule has 1 aromatic rings. The summed E-state index contributed by atoms with van der Waals surface area (Å²) in [4.78, 5) is 14.8. The SMILES string of the molecule is COCc1nc(N)sc1C=O. The van der Waals surface area contributed by atoms with Gasteiger partial charge in [0.2, 0.25) is 0 Å². The second-order valence-electron chi connectivity index (χ2n) is 1.91. The molecule has 0 aromatic carbocycles. The highest BCUT2D eigenvalue weighted by Crippen LogP contribution is 2.18. The predicted molar refractivity (Wildman–Crippen MR) is 42.6 cm³/mol. The number of anilines is 1. The quantitative estimate of drug-likeness (QED) is 0.681. The number of thiazole rings is 1. The second kappa shape index (κ2) is 3.45. The molecule has 4 nitrogen and oxygen atoms in total. The fourth-order valence-electron chi connectivity index (χ4n) is 0.715. The third-order valence-electron chi connectivity index (χ3n) is 1.13. The fourth-order valence-corrected chi connectivity index (χ4v) is 1.37. The Morgan fingerprint density at radius 3 is 3.09 bits per heavy atom. The van der Waals surface area contributed by atoms with Crippen LogP contribution in [0.3, 0.4) is 0 Å². The van der Waals surface area contributed by atoms with Crippen molar-refractivity contribution in [3.05, 3.63) is 10.6 Å². The molecule has 0 spiro atoms. The fraction of sp³-hybridized carbons (Fsp3) is 0.333. The van der Waals surface area contributed by atoms with Gasteiger partial charge in [-0.1, -0.05) is 11.3 Å². The van der Waals surface area contributed by atoms with Gasteiger partial charge in [0.15, 0.2) is 11.4 Å². The monoisotopic (exact) mass is 172 g/mol. The largest absolute Gasteiger partial charge is 0.378 e. The van der Waals surface area contributed by atoms with Crippen molar-refractivity contribution in [2.45, 2.75) is 6.61 Å². The van der Waals surface area contributed by atoms with Gasteiger partial charge in [0, 0.05) is 7.11 Å². The first-order valence-corrected chi connectivity index (χ1v) is 3.79.